The molecule has 1 fully saturated rings. The average Bonchev–Trinajstić information content (AvgIpc) is 3.34. The van der Waals surface area contributed by atoms with Crippen molar-refractivity contribution in [2.45, 2.75) is 12.6 Å². The number of pyridine rings is 1. The summed E-state index contributed by atoms with van der Waals surface area (Å²) in [6.45, 7) is 0.356. The number of nitrogens with zero attached hydrogens (tertiary/aromatic N) is 4. The molecule has 35 heavy (non-hydrogen) atoms. The van der Waals surface area contributed by atoms with Gasteiger partial charge in [0, 0.05) is 29.9 Å². The molecule has 0 bridgehead atoms. The van der Waals surface area contributed by atoms with Gasteiger partial charge in [0.1, 0.15) is 23.6 Å². The topological polar surface area (TPSA) is 138 Å². The minimum atomic E-state index is -0.800. The van der Waals surface area contributed by atoms with Crippen LogP contribution in [-0.4, -0.2) is 38.6 Å². The zero-order chi connectivity index (χ0) is 24.5. The molecule has 10 nitrogen and oxygen atoms in total. The van der Waals surface area contributed by atoms with E-state index in [4.69, 9.17) is 14.9 Å². The molecule has 178 valence electrons. The number of nitrogen functional groups attached to an aromatic ring is 1. The number of benzene rings is 1. The summed E-state index contributed by atoms with van der Waals surface area (Å²) in [7, 11) is 0. The molecule has 0 aliphatic carbocycles. The number of nitrogens with two attached hydrogens (primary N) is 1. The number of rotatable bonds is 6. The standard InChI is InChI=1S/C23H18F2N6O4/c24-15-2-1-3-16(25)14(15)8-28-22(33)20-21(26)30-19(23-27-6-7-35-23)18(29-20)12-4-5-17(32)31(9-12)13-10-34-11-13/h1-7,9,13H,8,10-11H2,(H2,26,30)(H,28,33). The highest BCUT2D eigenvalue weighted by Crippen LogP contribution is 2.30. The molecule has 1 aliphatic heterocycles. The molecule has 12 heteroatoms. The summed E-state index contributed by atoms with van der Waals surface area (Å²) in [6, 6.07) is 6.16. The minimum Gasteiger partial charge on any atom is -0.443 e. The van der Waals surface area contributed by atoms with Gasteiger partial charge in [-0.15, -0.1) is 0 Å². The lowest BCUT2D eigenvalue weighted by molar-refractivity contribution is -0.0247. The third-order valence-corrected chi connectivity index (χ3v) is 5.49. The van der Waals surface area contributed by atoms with E-state index < -0.39 is 24.1 Å². The van der Waals surface area contributed by atoms with Gasteiger partial charge in [-0.3, -0.25) is 9.59 Å². The lowest BCUT2D eigenvalue weighted by atomic mass is 10.1. The summed E-state index contributed by atoms with van der Waals surface area (Å²) in [4.78, 5) is 38.0. The molecule has 3 aromatic heterocycles. The molecule has 1 aromatic carbocycles. The molecule has 0 radical (unpaired) electrons. The second kappa shape index (κ2) is 9.06. The van der Waals surface area contributed by atoms with E-state index in [9.17, 15) is 18.4 Å². The van der Waals surface area contributed by atoms with Crippen molar-refractivity contribution in [1.29, 1.82) is 0 Å². The lowest BCUT2D eigenvalue weighted by Crippen LogP contribution is -2.36. The number of hydrogen-bond acceptors (Lipinski definition) is 8. The van der Waals surface area contributed by atoms with E-state index in [1.807, 2.05) is 0 Å². The predicted molar refractivity (Wildman–Crippen MR) is 119 cm³/mol. The Morgan fingerprint density at radius 2 is 1.91 bits per heavy atom. The van der Waals surface area contributed by atoms with E-state index in [1.165, 1.54) is 35.2 Å². The monoisotopic (exact) mass is 480 g/mol. The first-order chi connectivity index (χ1) is 16.9. The van der Waals surface area contributed by atoms with Crippen LogP contribution in [0.4, 0.5) is 14.6 Å². The zero-order valence-corrected chi connectivity index (χ0v) is 18.1. The van der Waals surface area contributed by atoms with Gasteiger partial charge in [-0.25, -0.2) is 23.7 Å². The Labute approximate surface area is 196 Å². The van der Waals surface area contributed by atoms with Crippen LogP contribution < -0.4 is 16.6 Å². The normalized spacial score (nSPS) is 13.4. The number of ether oxygens (including phenoxy) is 1. The minimum absolute atomic E-state index is 0.101. The first-order valence-corrected chi connectivity index (χ1v) is 10.5. The Morgan fingerprint density at radius 3 is 2.57 bits per heavy atom. The second-order valence-corrected chi connectivity index (χ2v) is 7.73. The van der Waals surface area contributed by atoms with Gasteiger partial charge in [0.15, 0.2) is 17.2 Å². The fraction of sp³-hybridized carbons (Fsp3) is 0.174. The van der Waals surface area contributed by atoms with Crippen LogP contribution in [0.15, 0.2) is 58.2 Å². The molecule has 1 saturated heterocycles. The highest BCUT2D eigenvalue weighted by Gasteiger charge is 2.25. The molecule has 5 rings (SSSR count). The molecule has 0 unspecified atom stereocenters. The number of carbonyl (C=O) groups excluding carboxylic acids is 1. The number of oxazole rings is 1. The predicted octanol–water partition coefficient (Wildman–Crippen LogP) is 2.32. The molecule has 1 aliphatic rings. The van der Waals surface area contributed by atoms with Crippen LogP contribution in [0.5, 0.6) is 0 Å². The number of nitrogens with one attached hydrogen (secondary N) is 1. The fourth-order valence-corrected chi connectivity index (χ4v) is 3.57. The van der Waals surface area contributed by atoms with Crippen LogP contribution in [0.2, 0.25) is 0 Å². The van der Waals surface area contributed by atoms with Crippen LogP contribution in [0, 0.1) is 11.6 Å². The molecular weight excluding hydrogens is 462 g/mol. The number of hydrogen-bond donors (Lipinski definition) is 2. The smallest absolute Gasteiger partial charge is 0.274 e. The fourth-order valence-electron chi connectivity index (χ4n) is 3.57. The van der Waals surface area contributed by atoms with Crippen LogP contribution >= 0.6 is 0 Å². The van der Waals surface area contributed by atoms with Gasteiger partial charge in [0.25, 0.3) is 11.5 Å². The first-order valence-electron chi connectivity index (χ1n) is 10.5. The Kier molecular flexibility index (Phi) is 5.79. The largest absolute Gasteiger partial charge is 0.443 e. The van der Waals surface area contributed by atoms with Gasteiger partial charge >= 0.3 is 0 Å². The third kappa shape index (κ3) is 4.26. The van der Waals surface area contributed by atoms with Gasteiger partial charge in [-0.1, -0.05) is 6.07 Å². The van der Waals surface area contributed by atoms with Gasteiger partial charge in [0.05, 0.1) is 25.5 Å². The Balaban J connectivity index is 1.55. The summed E-state index contributed by atoms with van der Waals surface area (Å²) in [5.41, 5.74) is 5.99. The molecule has 4 heterocycles. The highest BCUT2D eigenvalue weighted by molar-refractivity contribution is 5.97. The number of anilines is 1. The van der Waals surface area contributed by atoms with Crippen LogP contribution in [0.25, 0.3) is 22.8 Å². The number of carbonyl (C=O) groups is 1. The van der Waals surface area contributed by atoms with E-state index in [0.29, 0.717) is 18.8 Å². The molecule has 0 spiro atoms. The Hall–Kier alpha value is -4.45. The maximum absolute atomic E-state index is 13.9. The molecular formula is C23H18F2N6O4. The molecule has 0 saturated carbocycles. The maximum atomic E-state index is 13.9. The summed E-state index contributed by atoms with van der Waals surface area (Å²) in [5, 5.41) is 2.42. The molecule has 1 amide bonds. The summed E-state index contributed by atoms with van der Waals surface area (Å²) >= 11 is 0. The van der Waals surface area contributed by atoms with Crippen molar-refractivity contribution in [3.8, 4) is 22.8 Å². The van der Waals surface area contributed by atoms with Crippen molar-refractivity contribution in [3.63, 3.8) is 0 Å². The maximum Gasteiger partial charge on any atom is 0.274 e. The SMILES string of the molecule is Nc1nc(-c2ncco2)c(-c2ccc(=O)n(C3COC3)c2)nc1C(=O)NCc1c(F)cccc1F. The molecule has 4 aromatic rings. The zero-order valence-electron chi connectivity index (χ0n) is 18.1. The van der Waals surface area contributed by atoms with E-state index >= 15 is 0 Å². The van der Waals surface area contributed by atoms with Crippen molar-refractivity contribution < 1.29 is 22.7 Å². The van der Waals surface area contributed by atoms with Gasteiger partial charge < -0.3 is 24.8 Å². The third-order valence-electron chi connectivity index (χ3n) is 5.49. The van der Waals surface area contributed by atoms with Gasteiger partial charge in [-0.2, -0.15) is 0 Å². The first kappa shape index (κ1) is 22.3. The van der Waals surface area contributed by atoms with Crippen molar-refractivity contribution >= 4 is 11.7 Å². The van der Waals surface area contributed by atoms with Gasteiger partial charge in [-0.05, 0) is 18.2 Å². The molecule has 0 atom stereocenters. The summed E-state index contributed by atoms with van der Waals surface area (Å²) in [6.07, 6.45) is 4.33. The second-order valence-electron chi connectivity index (χ2n) is 7.73. The number of aromatic nitrogens is 4. The number of halogens is 2. The van der Waals surface area contributed by atoms with Crippen molar-refractivity contribution in [2.75, 3.05) is 18.9 Å². The quantitative estimate of drug-likeness (QED) is 0.429. The van der Waals surface area contributed by atoms with E-state index in [0.717, 1.165) is 12.1 Å². The van der Waals surface area contributed by atoms with Gasteiger partial charge in [0.2, 0.25) is 5.89 Å². The van der Waals surface area contributed by atoms with Crippen LogP contribution in [-0.2, 0) is 11.3 Å². The summed E-state index contributed by atoms with van der Waals surface area (Å²) < 4.78 is 40.0. The number of amides is 1. The van der Waals surface area contributed by atoms with E-state index in [1.54, 1.807) is 6.20 Å². The lowest BCUT2D eigenvalue weighted by Gasteiger charge is -2.28. The van der Waals surface area contributed by atoms with Crippen LogP contribution in [0.3, 0.4) is 0 Å². The Bertz CT molecular complexity index is 1450. The van der Waals surface area contributed by atoms with Crippen molar-refractivity contribution in [2.24, 2.45) is 0 Å². The van der Waals surface area contributed by atoms with E-state index in [2.05, 4.69) is 20.3 Å². The highest BCUT2D eigenvalue weighted by atomic mass is 19.1. The average molecular weight is 480 g/mol. The van der Waals surface area contributed by atoms with E-state index in [-0.39, 0.29) is 46.0 Å². The van der Waals surface area contributed by atoms with Crippen LogP contribution in [0.1, 0.15) is 22.1 Å². The summed E-state index contributed by atoms with van der Waals surface area (Å²) in [5.74, 6) is -2.53. The molecule has 3 N–H and O–H groups in total. The van der Waals surface area contributed by atoms with Crippen molar-refractivity contribution in [1.82, 2.24) is 24.8 Å². The Morgan fingerprint density at radius 1 is 1.14 bits per heavy atom. The van der Waals surface area contributed by atoms with Crippen molar-refractivity contribution in [3.05, 3.63) is 82.2 Å².